The quantitative estimate of drug-likeness (QED) is 0.376. The minimum absolute atomic E-state index is 0.0351. The Hall–Kier alpha value is -2.44. The van der Waals surface area contributed by atoms with E-state index in [4.69, 9.17) is 4.74 Å². The third-order valence-electron chi connectivity index (χ3n) is 4.57. The molecule has 2 aromatic rings. The van der Waals surface area contributed by atoms with E-state index < -0.39 is 16.0 Å². The zero-order chi connectivity index (χ0) is 21.7. The molecular formula is C23H29NO4S. The number of ether oxygens (including phenoxy) is 1. The van der Waals surface area contributed by atoms with Gasteiger partial charge in [-0.05, 0) is 46.9 Å². The predicted molar refractivity (Wildman–Crippen MR) is 116 cm³/mol. The summed E-state index contributed by atoms with van der Waals surface area (Å²) in [6.45, 7) is 10.8. The second-order valence-corrected chi connectivity index (χ2v) is 9.63. The zero-order valence-corrected chi connectivity index (χ0v) is 18.5. The van der Waals surface area contributed by atoms with Gasteiger partial charge >= 0.3 is 5.97 Å². The van der Waals surface area contributed by atoms with Gasteiger partial charge < -0.3 is 4.74 Å². The lowest BCUT2D eigenvalue weighted by atomic mass is 9.87. The molecular weight excluding hydrogens is 386 g/mol. The van der Waals surface area contributed by atoms with Gasteiger partial charge in [0, 0.05) is 19.2 Å². The molecule has 0 aromatic heterocycles. The second kappa shape index (κ2) is 9.37. The Balaban J connectivity index is 2.03. The highest BCUT2D eigenvalue weighted by Gasteiger charge is 2.21. The molecule has 0 radical (unpaired) electrons. The van der Waals surface area contributed by atoms with Crippen LogP contribution in [-0.4, -0.2) is 31.8 Å². The van der Waals surface area contributed by atoms with Crippen LogP contribution in [-0.2, 0) is 20.2 Å². The van der Waals surface area contributed by atoms with E-state index in [1.807, 2.05) is 12.1 Å². The molecule has 0 unspecified atom stereocenters. The van der Waals surface area contributed by atoms with Gasteiger partial charge in [-0.25, -0.2) is 13.2 Å². The lowest BCUT2D eigenvalue weighted by Crippen LogP contribution is -2.30. The normalized spacial score (nSPS) is 12.5. The molecule has 0 heterocycles. The van der Waals surface area contributed by atoms with Gasteiger partial charge in [-0.1, -0.05) is 58.9 Å². The van der Waals surface area contributed by atoms with Crippen molar-refractivity contribution >= 4 is 22.1 Å². The van der Waals surface area contributed by atoms with Crippen molar-refractivity contribution in [3.63, 3.8) is 0 Å². The van der Waals surface area contributed by atoms with E-state index in [2.05, 4.69) is 20.8 Å². The summed E-state index contributed by atoms with van der Waals surface area (Å²) in [5.74, 6) is -0.0124. The van der Waals surface area contributed by atoms with Crippen LogP contribution in [0.15, 0.2) is 59.5 Å². The lowest BCUT2D eigenvalue weighted by Gasteiger charge is -2.18. The minimum Gasteiger partial charge on any atom is -0.423 e. The Morgan fingerprint density at radius 2 is 1.52 bits per heavy atom. The van der Waals surface area contributed by atoms with Crippen molar-refractivity contribution < 1.29 is 17.9 Å². The van der Waals surface area contributed by atoms with Crippen molar-refractivity contribution in [3.8, 4) is 5.75 Å². The monoisotopic (exact) mass is 415 g/mol. The van der Waals surface area contributed by atoms with Crippen molar-refractivity contribution in [1.29, 1.82) is 0 Å². The maximum Gasteiger partial charge on any atom is 0.336 e. The summed E-state index contributed by atoms with van der Waals surface area (Å²) in [5.41, 5.74) is 1.91. The van der Waals surface area contributed by atoms with Crippen LogP contribution in [0.2, 0.25) is 0 Å². The Morgan fingerprint density at radius 3 is 2.00 bits per heavy atom. The molecule has 2 aromatic carbocycles. The summed E-state index contributed by atoms with van der Waals surface area (Å²) in [6, 6.07) is 13.9. The molecule has 0 N–H and O–H groups in total. The molecule has 0 saturated heterocycles. The summed E-state index contributed by atoms with van der Waals surface area (Å²) < 4.78 is 31.7. The first-order valence-electron chi connectivity index (χ1n) is 9.68. The molecule has 0 atom stereocenters. The number of sulfonamides is 1. The van der Waals surface area contributed by atoms with E-state index in [1.54, 1.807) is 56.3 Å². The predicted octanol–water partition coefficient (Wildman–Crippen LogP) is 4.63. The highest BCUT2D eigenvalue weighted by Crippen LogP contribution is 2.24. The van der Waals surface area contributed by atoms with Crippen LogP contribution in [0.3, 0.4) is 0 Å². The summed E-state index contributed by atoms with van der Waals surface area (Å²) in [4.78, 5) is 12.3. The summed E-state index contributed by atoms with van der Waals surface area (Å²) in [7, 11) is -3.49. The van der Waals surface area contributed by atoms with E-state index in [9.17, 15) is 13.2 Å². The number of hydrogen-bond acceptors (Lipinski definition) is 4. The standard InChI is InChI=1S/C23H29NO4S/c1-6-24(7-2)29(26,27)21-15-8-18(9-16-21)10-17-22(25)28-20-13-11-19(12-14-20)23(3,4)5/h8-17H,6-7H2,1-5H3. The smallest absolute Gasteiger partial charge is 0.336 e. The van der Waals surface area contributed by atoms with Crippen molar-refractivity contribution in [3.05, 3.63) is 65.7 Å². The summed E-state index contributed by atoms with van der Waals surface area (Å²) >= 11 is 0. The van der Waals surface area contributed by atoms with Crippen molar-refractivity contribution in [2.45, 2.75) is 44.9 Å². The molecule has 29 heavy (non-hydrogen) atoms. The van der Waals surface area contributed by atoms with E-state index in [0.29, 0.717) is 24.4 Å². The van der Waals surface area contributed by atoms with Crippen LogP contribution in [0.1, 0.15) is 45.7 Å². The molecule has 0 aliphatic heterocycles. The molecule has 156 valence electrons. The molecule has 0 spiro atoms. The van der Waals surface area contributed by atoms with E-state index in [0.717, 1.165) is 5.56 Å². The molecule has 0 amide bonds. The zero-order valence-electron chi connectivity index (χ0n) is 17.7. The Bertz CT molecular complexity index is 949. The van der Waals surface area contributed by atoms with E-state index in [-0.39, 0.29) is 10.3 Å². The Kier molecular flexibility index (Phi) is 7.38. The fourth-order valence-corrected chi connectivity index (χ4v) is 4.26. The van der Waals surface area contributed by atoms with Crippen LogP contribution in [0.25, 0.3) is 6.08 Å². The van der Waals surface area contributed by atoms with Crippen molar-refractivity contribution in [2.75, 3.05) is 13.1 Å². The third kappa shape index (κ3) is 6.02. The van der Waals surface area contributed by atoms with Gasteiger partial charge in [-0.2, -0.15) is 4.31 Å². The highest BCUT2D eigenvalue weighted by molar-refractivity contribution is 7.89. The summed E-state index contributed by atoms with van der Waals surface area (Å²) in [6.07, 6.45) is 2.92. The van der Waals surface area contributed by atoms with Crippen LogP contribution < -0.4 is 4.74 Å². The number of esters is 1. The average Bonchev–Trinajstić information content (AvgIpc) is 2.67. The van der Waals surface area contributed by atoms with Crippen molar-refractivity contribution in [2.24, 2.45) is 0 Å². The van der Waals surface area contributed by atoms with Gasteiger partial charge in [0.05, 0.1) is 4.90 Å². The SMILES string of the molecule is CCN(CC)S(=O)(=O)c1ccc(C=CC(=O)Oc2ccc(C(C)(C)C)cc2)cc1. The Labute approximate surface area is 174 Å². The number of carbonyl (C=O) groups excluding carboxylic acids is 1. The first-order valence-corrected chi connectivity index (χ1v) is 11.1. The Morgan fingerprint density at radius 1 is 0.966 bits per heavy atom. The molecule has 0 saturated carbocycles. The topological polar surface area (TPSA) is 63.7 Å². The maximum absolute atomic E-state index is 12.5. The van der Waals surface area contributed by atoms with Gasteiger partial charge in [-0.3, -0.25) is 0 Å². The minimum atomic E-state index is -3.49. The van der Waals surface area contributed by atoms with E-state index in [1.165, 1.54) is 10.4 Å². The molecule has 0 aliphatic carbocycles. The lowest BCUT2D eigenvalue weighted by molar-refractivity contribution is -0.128. The fraction of sp³-hybridized carbons (Fsp3) is 0.348. The van der Waals surface area contributed by atoms with Gasteiger partial charge in [0.15, 0.2) is 0 Å². The number of benzene rings is 2. The van der Waals surface area contributed by atoms with Crippen LogP contribution in [0, 0.1) is 0 Å². The molecule has 0 fully saturated rings. The van der Waals surface area contributed by atoms with Crippen LogP contribution in [0.4, 0.5) is 0 Å². The van der Waals surface area contributed by atoms with Crippen molar-refractivity contribution in [1.82, 2.24) is 4.31 Å². The maximum atomic E-state index is 12.5. The van der Waals surface area contributed by atoms with Gasteiger partial charge in [-0.15, -0.1) is 0 Å². The van der Waals surface area contributed by atoms with Crippen LogP contribution in [0.5, 0.6) is 5.75 Å². The molecule has 0 bridgehead atoms. The molecule has 2 rings (SSSR count). The highest BCUT2D eigenvalue weighted by atomic mass is 32.2. The first-order chi connectivity index (χ1) is 13.6. The molecule has 5 nitrogen and oxygen atoms in total. The number of rotatable bonds is 7. The molecule has 0 aliphatic rings. The van der Waals surface area contributed by atoms with Gasteiger partial charge in [0.25, 0.3) is 0 Å². The van der Waals surface area contributed by atoms with Crippen LogP contribution >= 0.6 is 0 Å². The second-order valence-electron chi connectivity index (χ2n) is 7.69. The largest absolute Gasteiger partial charge is 0.423 e. The third-order valence-corrected chi connectivity index (χ3v) is 6.64. The first kappa shape index (κ1) is 22.8. The number of carbonyl (C=O) groups is 1. The number of nitrogens with zero attached hydrogens (tertiary/aromatic N) is 1. The number of hydrogen-bond donors (Lipinski definition) is 0. The van der Waals surface area contributed by atoms with Gasteiger partial charge in [0.1, 0.15) is 5.75 Å². The average molecular weight is 416 g/mol. The van der Waals surface area contributed by atoms with Gasteiger partial charge in [0.2, 0.25) is 10.0 Å². The fourth-order valence-electron chi connectivity index (χ4n) is 2.80. The summed E-state index contributed by atoms with van der Waals surface area (Å²) in [5, 5.41) is 0. The van der Waals surface area contributed by atoms with E-state index >= 15 is 0 Å². The molecule has 6 heteroatoms.